The van der Waals surface area contributed by atoms with Gasteiger partial charge in [0.25, 0.3) is 11.8 Å². The summed E-state index contributed by atoms with van der Waals surface area (Å²) >= 11 is 0. The van der Waals surface area contributed by atoms with E-state index in [9.17, 15) is 19.6 Å². The Morgan fingerprint density at radius 1 is 1.00 bits per heavy atom. The first-order valence-electron chi connectivity index (χ1n) is 14.1. The minimum Gasteiger partial charge on any atom is -0.394 e. The summed E-state index contributed by atoms with van der Waals surface area (Å²) in [4.78, 5) is 42.3. The summed E-state index contributed by atoms with van der Waals surface area (Å²) in [6.07, 6.45) is 2.66. The first-order chi connectivity index (χ1) is 21.4. The zero-order valence-corrected chi connectivity index (χ0v) is 25.3. The van der Waals surface area contributed by atoms with Gasteiger partial charge >= 0.3 is 0 Å². The number of carbonyl (C=O) groups is 2. The molecule has 3 aromatic carbocycles. The van der Waals surface area contributed by atoms with Crippen molar-refractivity contribution in [1.82, 2.24) is 5.32 Å². The Labute approximate surface area is 259 Å². The summed E-state index contributed by atoms with van der Waals surface area (Å²) in [6, 6.07) is 13.2. The van der Waals surface area contributed by atoms with Crippen LogP contribution >= 0.6 is 0 Å². The van der Waals surface area contributed by atoms with Crippen LogP contribution in [0.1, 0.15) is 39.5 Å². The molecule has 11 heteroatoms. The van der Waals surface area contributed by atoms with Crippen molar-refractivity contribution in [1.29, 1.82) is 0 Å². The lowest BCUT2D eigenvalue weighted by Crippen LogP contribution is -2.42. The number of aryl methyl sites for hydroxylation is 3. The van der Waals surface area contributed by atoms with E-state index in [-0.39, 0.29) is 24.1 Å². The topological polar surface area (TPSA) is 123 Å². The molecule has 1 aliphatic rings. The SMILES string of the molecule is C=C(/N=C1\C(=C(/C)c2cc(NC(=O)c3ccc(C)c(C)c3)ccc2C)C=CC(=O)N1c1c(F)cccc1F)NC(CO)CN=O. The molecule has 9 nitrogen and oxygen atoms in total. The third kappa shape index (κ3) is 7.27. The number of nitrogens with zero attached hydrogens (tertiary/aromatic N) is 3. The van der Waals surface area contributed by atoms with Gasteiger partial charge in [0.15, 0.2) is 0 Å². The number of benzene rings is 3. The van der Waals surface area contributed by atoms with E-state index in [1.54, 1.807) is 25.1 Å². The number of amides is 2. The zero-order chi connectivity index (χ0) is 32.8. The van der Waals surface area contributed by atoms with Crippen LogP contribution in [0.25, 0.3) is 5.57 Å². The van der Waals surface area contributed by atoms with E-state index >= 15 is 8.78 Å². The van der Waals surface area contributed by atoms with Crippen molar-refractivity contribution in [2.24, 2.45) is 10.2 Å². The summed E-state index contributed by atoms with van der Waals surface area (Å²) in [7, 11) is 0. The van der Waals surface area contributed by atoms with Crippen LogP contribution in [0, 0.1) is 37.3 Å². The Morgan fingerprint density at radius 3 is 2.33 bits per heavy atom. The highest BCUT2D eigenvalue weighted by Gasteiger charge is 2.32. The normalized spacial score (nSPS) is 15.6. The molecule has 2 amide bonds. The Bertz CT molecular complexity index is 1760. The predicted molar refractivity (Wildman–Crippen MR) is 172 cm³/mol. The molecule has 0 saturated carbocycles. The fourth-order valence-electron chi connectivity index (χ4n) is 4.82. The van der Waals surface area contributed by atoms with Gasteiger partial charge in [-0.25, -0.2) is 13.8 Å². The number of anilines is 2. The van der Waals surface area contributed by atoms with Crippen LogP contribution in [0.3, 0.4) is 0 Å². The molecule has 0 fully saturated rings. The van der Waals surface area contributed by atoms with Crippen molar-refractivity contribution in [3.63, 3.8) is 0 Å². The molecule has 4 rings (SSSR count). The Balaban J connectivity index is 1.83. The van der Waals surface area contributed by atoms with Gasteiger partial charge in [0.2, 0.25) is 0 Å². The van der Waals surface area contributed by atoms with E-state index in [1.165, 1.54) is 18.2 Å². The molecule has 1 aliphatic heterocycles. The maximum absolute atomic E-state index is 15.1. The second-order valence-corrected chi connectivity index (χ2v) is 10.6. The number of rotatable bonds is 10. The van der Waals surface area contributed by atoms with E-state index in [0.29, 0.717) is 28.0 Å². The summed E-state index contributed by atoms with van der Waals surface area (Å²) in [5.41, 5.74) is 4.79. The van der Waals surface area contributed by atoms with Gasteiger partial charge in [0.05, 0.1) is 12.6 Å². The van der Waals surface area contributed by atoms with Crippen LogP contribution in [0.15, 0.2) is 94.9 Å². The molecule has 0 aromatic heterocycles. The quantitative estimate of drug-likeness (QED) is 0.238. The predicted octanol–water partition coefficient (Wildman–Crippen LogP) is 6.11. The second-order valence-electron chi connectivity index (χ2n) is 10.6. The number of para-hydroxylation sites is 1. The van der Waals surface area contributed by atoms with Crippen molar-refractivity contribution >= 4 is 34.6 Å². The molecule has 3 N–H and O–H groups in total. The van der Waals surface area contributed by atoms with Crippen LogP contribution in [-0.4, -0.2) is 41.9 Å². The molecule has 45 heavy (non-hydrogen) atoms. The monoisotopic (exact) mass is 613 g/mol. The fraction of sp³-hybridized carbons (Fsp3) is 0.206. The van der Waals surface area contributed by atoms with E-state index in [4.69, 9.17) is 0 Å². The third-order valence-corrected chi connectivity index (χ3v) is 7.43. The first-order valence-corrected chi connectivity index (χ1v) is 14.1. The molecular weight excluding hydrogens is 580 g/mol. The van der Waals surface area contributed by atoms with Crippen LogP contribution in [0.5, 0.6) is 0 Å². The van der Waals surface area contributed by atoms with Gasteiger partial charge in [-0.3, -0.25) is 14.5 Å². The molecule has 1 unspecified atom stereocenters. The standard InChI is InChI=1S/C34H33F2N5O4/c1-19-9-11-24(15-21(19)3)34(44)40-25-12-10-20(2)28(16-25)22(4)27-13-14-31(43)41(32-29(35)7-6-8-30(32)36)33(27)39-23(5)38-26(18-42)17-37-45/h6-16,26,38,42H,5,17-18H2,1-4H3,(H,40,44)/b27-22+,39-33+. The molecule has 0 saturated heterocycles. The minimum atomic E-state index is -0.993. The number of carbonyl (C=O) groups excluding carboxylic acids is 2. The van der Waals surface area contributed by atoms with Crippen molar-refractivity contribution in [2.45, 2.75) is 33.7 Å². The number of nitrogens with one attached hydrogen (secondary N) is 2. The lowest BCUT2D eigenvalue weighted by molar-refractivity contribution is -0.113. The number of aliphatic hydroxyl groups is 1. The number of halogens is 2. The molecule has 3 aromatic rings. The van der Waals surface area contributed by atoms with Gasteiger partial charge in [0.1, 0.15) is 35.5 Å². The number of nitroso groups, excluding NO2 is 1. The lowest BCUT2D eigenvalue weighted by atomic mass is 9.93. The summed E-state index contributed by atoms with van der Waals surface area (Å²) in [6.45, 7) is 10.5. The number of aliphatic hydroxyl groups excluding tert-OH is 1. The van der Waals surface area contributed by atoms with E-state index in [0.717, 1.165) is 33.7 Å². The smallest absolute Gasteiger partial charge is 0.256 e. The largest absolute Gasteiger partial charge is 0.394 e. The second kappa shape index (κ2) is 14.0. The maximum atomic E-state index is 15.1. The molecular formula is C34H33F2N5O4. The third-order valence-electron chi connectivity index (χ3n) is 7.43. The Kier molecular flexibility index (Phi) is 10.1. The van der Waals surface area contributed by atoms with Crippen LogP contribution in [-0.2, 0) is 4.79 Å². The lowest BCUT2D eigenvalue weighted by Gasteiger charge is -2.29. The molecule has 232 valence electrons. The molecule has 1 heterocycles. The van der Waals surface area contributed by atoms with Gasteiger partial charge in [-0.15, -0.1) is 0 Å². The van der Waals surface area contributed by atoms with Gasteiger partial charge in [-0.2, -0.15) is 4.91 Å². The zero-order valence-electron chi connectivity index (χ0n) is 25.3. The van der Waals surface area contributed by atoms with Gasteiger partial charge in [-0.1, -0.05) is 30.0 Å². The van der Waals surface area contributed by atoms with Crippen LogP contribution < -0.4 is 15.5 Å². The van der Waals surface area contributed by atoms with E-state index < -0.39 is 35.9 Å². The number of allylic oxidation sites excluding steroid dienone is 1. The number of hydrogen-bond donors (Lipinski definition) is 3. The highest BCUT2D eigenvalue weighted by atomic mass is 19.1. The molecule has 0 spiro atoms. The average Bonchev–Trinajstić information content (AvgIpc) is 3.00. The average molecular weight is 614 g/mol. The van der Waals surface area contributed by atoms with Crippen molar-refractivity contribution in [3.05, 3.63) is 129 Å². The molecule has 0 radical (unpaired) electrons. The molecule has 1 atom stereocenters. The van der Waals surface area contributed by atoms with Crippen LogP contribution in [0.4, 0.5) is 20.2 Å². The van der Waals surface area contributed by atoms with E-state index in [2.05, 4.69) is 27.4 Å². The van der Waals surface area contributed by atoms with Crippen molar-refractivity contribution < 1.29 is 23.5 Å². The maximum Gasteiger partial charge on any atom is 0.256 e. The van der Waals surface area contributed by atoms with Crippen LogP contribution in [0.2, 0.25) is 0 Å². The van der Waals surface area contributed by atoms with Gasteiger partial charge < -0.3 is 15.7 Å². The molecule has 0 aliphatic carbocycles. The summed E-state index contributed by atoms with van der Waals surface area (Å²) in [5.74, 6) is -3.28. The fourth-order valence-corrected chi connectivity index (χ4v) is 4.82. The molecule has 0 bridgehead atoms. The minimum absolute atomic E-state index is 0.0889. The van der Waals surface area contributed by atoms with Crippen molar-refractivity contribution in [2.75, 3.05) is 23.4 Å². The van der Waals surface area contributed by atoms with Gasteiger partial charge in [-0.05, 0) is 98.0 Å². The summed E-state index contributed by atoms with van der Waals surface area (Å²) in [5, 5.41) is 18.0. The highest BCUT2D eigenvalue weighted by Crippen LogP contribution is 2.33. The first kappa shape index (κ1) is 32.6. The summed E-state index contributed by atoms with van der Waals surface area (Å²) < 4.78 is 30.1. The van der Waals surface area contributed by atoms with E-state index in [1.807, 2.05) is 39.0 Å². The number of aliphatic imine (C=N–C) groups is 1. The number of hydrogen-bond acceptors (Lipinski definition) is 7. The highest BCUT2D eigenvalue weighted by molar-refractivity contribution is 6.31. The Morgan fingerprint density at radius 2 is 1.69 bits per heavy atom. The Hall–Kier alpha value is -5.29. The van der Waals surface area contributed by atoms with Crippen molar-refractivity contribution in [3.8, 4) is 0 Å². The van der Waals surface area contributed by atoms with Gasteiger partial charge in [0, 0.05) is 22.9 Å². The number of amidine groups is 1.